The van der Waals surface area contributed by atoms with E-state index in [1.165, 1.54) is 27.3 Å². The Hall–Kier alpha value is -2.12. The Balaban J connectivity index is 1.78. The third kappa shape index (κ3) is 3.05. The lowest BCUT2D eigenvalue weighted by molar-refractivity contribution is 0.102. The number of carbonyl (C=O) groups is 1. The molecule has 3 heterocycles. The lowest BCUT2D eigenvalue weighted by atomic mass is 10.2. The maximum absolute atomic E-state index is 12.1. The summed E-state index contributed by atoms with van der Waals surface area (Å²) in [7, 11) is 0. The quantitative estimate of drug-likeness (QED) is 0.792. The summed E-state index contributed by atoms with van der Waals surface area (Å²) in [6.07, 6.45) is 3.03. The molecule has 1 amide bonds. The predicted molar refractivity (Wildman–Crippen MR) is 89.6 cm³/mol. The Bertz CT molecular complexity index is 820. The third-order valence-electron chi connectivity index (χ3n) is 3.06. The zero-order chi connectivity index (χ0) is 15.7. The molecule has 0 aromatic carbocycles. The van der Waals surface area contributed by atoms with Crippen LogP contribution in [0.1, 0.15) is 25.9 Å². The molecule has 22 heavy (non-hydrogen) atoms. The first-order valence-electron chi connectivity index (χ1n) is 6.66. The van der Waals surface area contributed by atoms with E-state index in [4.69, 9.17) is 0 Å². The maximum Gasteiger partial charge on any atom is 0.277 e. The lowest BCUT2D eigenvalue weighted by Crippen LogP contribution is -2.13. The standard InChI is InChI=1S/C15H14N4OS2/c1-8-5-17-12(6-16-8)14(20)19-15-18-13(7-21-15)11-4-9(2)22-10(11)3/h4-7H,1-3H3,(H,18,19,20). The van der Waals surface area contributed by atoms with Crippen molar-refractivity contribution in [3.63, 3.8) is 0 Å². The molecule has 5 nitrogen and oxygen atoms in total. The fourth-order valence-electron chi connectivity index (χ4n) is 2.01. The van der Waals surface area contributed by atoms with Crippen LogP contribution in [0.15, 0.2) is 23.8 Å². The Morgan fingerprint density at radius 2 is 2.00 bits per heavy atom. The van der Waals surface area contributed by atoms with E-state index in [0.29, 0.717) is 5.13 Å². The number of nitrogens with zero attached hydrogens (tertiary/aromatic N) is 3. The fourth-order valence-corrected chi connectivity index (χ4v) is 3.65. The van der Waals surface area contributed by atoms with Crippen LogP contribution in [0.25, 0.3) is 11.3 Å². The number of carbonyl (C=O) groups excluding carboxylic acids is 1. The first-order valence-corrected chi connectivity index (χ1v) is 8.35. The average Bonchev–Trinajstić information content (AvgIpc) is 3.06. The SMILES string of the molecule is Cc1cnc(C(=O)Nc2nc(-c3cc(C)sc3C)cs2)cn1. The van der Waals surface area contributed by atoms with Crippen LogP contribution in [0.4, 0.5) is 5.13 Å². The number of hydrogen-bond acceptors (Lipinski definition) is 6. The number of aryl methyl sites for hydroxylation is 3. The number of amides is 1. The van der Waals surface area contributed by atoms with Crippen molar-refractivity contribution >= 4 is 33.7 Å². The first-order chi connectivity index (χ1) is 10.5. The van der Waals surface area contributed by atoms with Crippen LogP contribution in [-0.4, -0.2) is 20.9 Å². The van der Waals surface area contributed by atoms with E-state index in [0.717, 1.165) is 17.0 Å². The van der Waals surface area contributed by atoms with Gasteiger partial charge in [0.05, 0.1) is 17.6 Å². The second kappa shape index (κ2) is 5.94. The Morgan fingerprint density at radius 3 is 2.64 bits per heavy atom. The Labute approximate surface area is 136 Å². The third-order valence-corrected chi connectivity index (χ3v) is 4.78. The second-order valence-corrected chi connectivity index (χ2v) is 7.18. The molecule has 3 aromatic rings. The van der Waals surface area contributed by atoms with Crippen LogP contribution in [0.2, 0.25) is 0 Å². The van der Waals surface area contributed by atoms with Gasteiger partial charge < -0.3 is 0 Å². The van der Waals surface area contributed by atoms with Crippen LogP contribution in [0.5, 0.6) is 0 Å². The largest absolute Gasteiger partial charge is 0.296 e. The molecule has 0 radical (unpaired) electrons. The van der Waals surface area contributed by atoms with Crippen molar-refractivity contribution in [2.75, 3.05) is 5.32 Å². The molecule has 3 aromatic heterocycles. The number of anilines is 1. The van der Waals surface area contributed by atoms with E-state index in [1.807, 2.05) is 12.3 Å². The summed E-state index contributed by atoms with van der Waals surface area (Å²) < 4.78 is 0. The number of aromatic nitrogens is 3. The maximum atomic E-state index is 12.1. The van der Waals surface area contributed by atoms with Crippen molar-refractivity contribution < 1.29 is 4.79 Å². The van der Waals surface area contributed by atoms with Gasteiger partial charge in [-0.3, -0.25) is 15.1 Å². The number of nitrogens with one attached hydrogen (secondary N) is 1. The lowest BCUT2D eigenvalue weighted by Gasteiger charge is -2.00. The summed E-state index contributed by atoms with van der Waals surface area (Å²) in [5.74, 6) is -0.299. The van der Waals surface area contributed by atoms with Crippen LogP contribution >= 0.6 is 22.7 Å². The molecule has 0 aliphatic heterocycles. The van der Waals surface area contributed by atoms with Gasteiger partial charge in [-0.2, -0.15) is 0 Å². The van der Waals surface area contributed by atoms with Crippen molar-refractivity contribution in [1.29, 1.82) is 0 Å². The summed E-state index contributed by atoms with van der Waals surface area (Å²) in [6, 6.07) is 2.12. The van der Waals surface area contributed by atoms with E-state index in [2.05, 4.69) is 40.2 Å². The highest BCUT2D eigenvalue weighted by atomic mass is 32.1. The molecular weight excluding hydrogens is 316 g/mol. The van der Waals surface area contributed by atoms with Gasteiger partial charge in [0, 0.05) is 26.9 Å². The molecule has 0 fully saturated rings. The molecular formula is C15H14N4OS2. The zero-order valence-corrected chi connectivity index (χ0v) is 14.0. The van der Waals surface area contributed by atoms with Crippen LogP contribution in [0, 0.1) is 20.8 Å². The minimum atomic E-state index is -0.299. The van der Waals surface area contributed by atoms with Gasteiger partial charge in [-0.25, -0.2) is 9.97 Å². The van der Waals surface area contributed by atoms with Gasteiger partial charge in [0.1, 0.15) is 5.69 Å². The molecule has 0 saturated carbocycles. The van der Waals surface area contributed by atoms with E-state index in [-0.39, 0.29) is 11.6 Å². The summed E-state index contributed by atoms with van der Waals surface area (Å²) in [5, 5.41) is 5.27. The molecule has 0 aliphatic carbocycles. The minimum Gasteiger partial charge on any atom is -0.296 e. The number of thiazole rings is 1. The Kier molecular flexibility index (Phi) is 4.00. The van der Waals surface area contributed by atoms with E-state index in [9.17, 15) is 4.79 Å². The van der Waals surface area contributed by atoms with Gasteiger partial charge in [-0.1, -0.05) is 0 Å². The van der Waals surface area contributed by atoms with E-state index < -0.39 is 0 Å². The number of hydrogen-bond donors (Lipinski definition) is 1. The van der Waals surface area contributed by atoms with Gasteiger partial charge in [-0.15, -0.1) is 22.7 Å². The van der Waals surface area contributed by atoms with Gasteiger partial charge >= 0.3 is 0 Å². The highest BCUT2D eigenvalue weighted by molar-refractivity contribution is 7.14. The van der Waals surface area contributed by atoms with Crippen molar-refractivity contribution in [2.45, 2.75) is 20.8 Å². The predicted octanol–water partition coefficient (Wildman–Crippen LogP) is 3.84. The summed E-state index contributed by atoms with van der Waals surface area (Å²) in [5.41, 5.74) is 3.06. The molecule has 112 valence electrons. The van der Waals surface area contributed by atoms with E-state index >= 15 is 0 Å². The highest BCUT2D eigenvalue weighted by Crippen LogP contribution is 2.32. The fraction of sp³-hybridized carbons (Fsp3) is 0.200. The van der Waals surface area contributed by atoms with Gasteiger partial charge in [-0.05, 0) is 26.8 Å². The molecule has 3 rings (SSSR count). The topological polar surface area (TPSA) is 67.8 Å². The molecule has 7 heteroatoms. The summed E-state index contributed by atoms with van der Waals surface area (Å²) in [4.78, 5) is 27.2. The van der Waals surface area contributed by atoms with Crippen LogP contribution in [-0.2, 0) is 0 Å². The zero-order valence-electron chi connectivity index (χ0n) is 12.4. The normalized spacial score (nSPS) is 10.7. The van der Waals surface area contributed by atoms with Crippen molar-refractivity contribution in [2.24, 2.45) is 0 Å². The van der Waals surface area contributed by atoms with Crippen LogP contribution in [0.3, 0.4) is 0 Å². The Morgan fingerprint density at radius 1 is 1.18 bits per heavy atom. The average molecular weight is 330 g/mol. The van der Waals surface area contributed by atoms with Crippen LogP contribution < -0.4 is 5.32 Å². The monoisotopic (exact) mass is 330 g/mol. The molecule has 1 N–H and O–H groups in total. The highest BCUT2D eigenvalue weighted by Gasteiger charge is 2.13. The smallest absolute Gasteiger partial charge is 0.277 e. The van der Waals surface area contributed by atoms with Gasteiger partial charge in [0.15, 0.2) is 5.13 Å². The van der Waals surface area contributed by atoms with Gasteiger partial charge in [0.25, 0.3) is 5.91 Å². The molecule has 0 unspecified atom stereocenters. The van der Waals surface area contributed by atoms with Gasteiger partial charge in [0.2, 0.25) is 0 Å². The number of rotatable bonds is 3. The number of thiophene rings is 1. The van der Waals surface area contributed by atoms with Crippen molar-refractivity contribution in [1.82, 2.24) is 15.0 Å². The second-order valence-electron chi connectivity index (χ2n) is 4.86. The minimum absolute atomic E-state index is 0.282. The van der Waals surface area contributed by atoms with Crippen molar-refractivity contribution in [3.8, 4) is 11.3 Å². The molecule has 0 saturated heterocycles. The first kappa shape index (κ1) is 14.8. The molecule has 0 atom stereocenters. The summed E-state index contributed by atoms with van der Waals surface area (Å²) >= 11 is 3.15. The van der Waals surface area contributed by atoms with Crippen molar-refractivity contribution in [3.05, 3.63) is 45.0 Å². The summed E-state index contributed by atoms with van der Waals surface area (Å²) in [6.45, 7) is 5.98. The molecule has 0 bridgehead atoms. The molecule has 0 spiro atoms. The molecule has 0 aliphatic rings. The van der Waals surface area contributed by atoms with E-state index in [1.54, 1.807) is 17.5 Å².